The maximum atomic E-state index is 8.35. The number of benzene rings is 8. The van der Waals surface area contributed by atoms with Crippen molar-refractivity contribution in [2.45, 2.75) is 0 Å². The van der Waals surface area contributed by atoms with Crippen LogP contribution < -0.4 is 0 Å². The molecular formula is C51H33N3O. The van der Waals surface area contributed by atoms with E-state index in [2.05, 4.69) is 54.6 Å². The molecule has 0 atom stereocenters. The summed E-state index contributed by atoms with van der Waals surface area (Å²) in [5.74, 6) is 1.71. The molecule has 0 spiro atoms. The third-order valence-electron chi connectivity index (χ3n) is 9.86. The maximum Gasteiger partial charge on any atom is 0.164 e. The first kappa shape index (κ1) is 27.2. The molecule has 0 saturated heterocycles. The van der Waals surface area contributed by atoms with Crippen molar-refractivity contribution in [3.05, 3.63) is 200 Å². The van der Waals surface area contributed by atoms with Crippen molar-refractivity contribution in [1.29, 1.82) is 0 Å². The van der Waals surface area contributed by atoms with Gasteiger partial charge in [0.1, 0.15) is 11.2 Å². The van der Waals surface area contributed by atoms with E-state index >= 15 is 0 Å². The van der Waals surface area contributed by atoms with Gasteiger partial charge in [0.15, 0.2) is 17.5 Å². The average Bonchev–Trinajstić information content (AvgIpc) is 3.69. The van der Waals surface area contributed by atoms with Crippen LogP contribution in [0.5, 0.6) is 0 Å². The molecule has 0 aliphatic carbocycles. The Morgan fingerprint density at radius 2 is 0.836 bits per heavy atom. The molecular weight excluding hydrogens is 671 g/mol. The first-order chi connectivity index (χ1) is 29.3. The molecule has 0 aliphatic heterocycles. The number of nitrogens with zero attached hydrogens (tertiary/aromatic N) is 3. The highest BCUT2D eigenvalue weighted by atomic mass is 16.3. The summed E-state index contributed by atoms with van der Waals surface area (Å²) in [6, 6.07) is 54.9. The first-order valence-electron chi connectivity index (χ1n) is 20.5. The quantitative estimate of drug-likeness (QED) is 0.165. The highest BCUT2D eigenvalue weighted by Crippen LogP contribution is 2.38. The van der Waals surface area contributed by atoms with Crippen LogP contribution in [0.4, 0.5) is 0 Å². The molecule has 2 heterocycles. The molecule has 0 radical (unpaired) electrons. The predicted octanol–water partition coefficient (Wildman–Crippen LogP) is 13.4. The second-order valence-corrected chi connectivity index (χ2v) is 13.3. The Morgan fingerprint density at radius 3 is 1.51 bits per heavy atom. The third kappa shape index (κ3) is 6.26. The van der Waals surface area contributed by atoms with Crippen LogP contribution in [0.3, 0.4) is 0 Å². The zero-order chi connectivity index (χ0) is 40.9. The Bertz CT molecular complexity index is 3210. The second-order valence-electron chi connectivity index (χ2n) is 13.3. The van der Waals surface area contributed by atoms with E-state index in [1.807, 2.05) is 103 Å². The Labute approximate surface area is 326 Å². The maximum absolute atomic E-state index is 8.35. The van der Waals surface area contributed by atoms with E-state index in [0.29, 0.717) is 23.0 Å². The van der Waals surface area contributed by atoms with Crippen LogP contribution in [0, 0.1) is 0 Å². The van der Waals surface area contributed by atoms with Crippen molar-refractivity contribution in [2.24, 2.45) is 0 Å². The number of fused-ring (bicyclic) bond motifs is 3. The minimum atomic E-state index is -0.401. The van der Waals surface area contributed by atoms with Gasteiger partial charge in [-0.3, -0.25) is 0 Å². The lowest BCUT2D eigenvalue weighted by molar-refractivity contribution is 0.670. The van der Waals surface area contributed by atoms with Crippen LogP contribution in [0.1, 0.15) is 6.85 Å². The molecule has 2 aromatic heterocycles. The predicted molar refractivity (Wildman–Crippen MR) is 225 cm³/mol. The first-order valence-corrected chi connectivity index (χ1v) is 18.0. The minimum Gasteiger partial charge on any atom is -0.455 e. The van der Waals surface area contributed by atoms with Crippen LogP contribution in [-0.2, 0) is 0 Å². The molecule has 4 heteroatoms. The van der Waals surface area contributed by atoms with Gasteiger partial charge in [0.25, 0.3) is 0 Å². The highest BCUT2D eigenvalue weighted by Gasteiger charge is 2.17. The zero-order valence-electron chi connectivity index (χ0n) is 34.4. The number of aromatic nitrogens is 3. The molecule has 55 heavy (non-hydrogen) atoms. The number of para-hydroxylation sites is 1. The Kier molecular flexibility index (Phi) is 6.85. The number of hydrogen-bond acceptors (Lipinski definition) is 4. The van der Waals surface area contributed by atoms with Gasteiger partial charge in [-0.1, -0.05) is 182 Å². The van der Waals surface area contributed by atoms with E-state index < -0.39 is 6.04 Å². The summed E-state index contributed by atoms with van der Waals surface area (Å²) < 4.78 is 47.4. The van der Waals surface area contributed by atoms with E-state index in [1.165, 1.54) is 0 Å². The van der Waals surface area contributed by atoms with Gasteiger partial charge in [0.05, 0.1) is 6.85 Å². The van der Waals surface area contributed by atoms with Gasteiger partial charge in [0.2, 0.25) is 0 Å². The molecule has 10 rings (SSSR count). The van der Waals surface area contributed by atoms with Crippen LogP contribution >= 0.6 is 0 Å². The largest absolute Gasteiger partial charge is 0.455 e. The van der Waals surface area contributed by atoms with E-state index in [4.69, 9.17) is 26.2 Å². The molecule has 10 aromatic rings. The summed E-state index contributed by atoms with van der Waals surface area (Å²) in [6.45, 7) is 0. The molecule has 0 bridgehead atoms. The topological polar surface area (TPSA) is 51.8 Å². The van der Waals surface area contributed by atoms with Crippen LogP contribution in [0.25, 0.3) is 101 Å². The molecule has 0 aliphatic rings. The Balaban J connectivity index is 0.991. The Morgan fingerprint density at radius 1 is 0.345 bits per heavy atom. The van der Waals surface area contributed by atoms with Crippen LogP contribution in [0.2, 0.25) is 0 Å². The molecule has 0 amide bonds. The standard InChI is InChI=1S/C51H33N3O/c1-4-12-34(13-5-1)36-22-24-37(25-23-36)38-26-28-39(29-27-38)44-20-11-21-46-45-31-30-43(33-47(45)55-48(44)46)51-53-49(40-16-8-3-9-17-40)52-50(54-51)42-19-10-18-41(32-42)35-14-6-2-7-15-35/h1-33H/i1D,4D,5D,12D,13D. The molecule has 0 N–H and O–H groups in total. The fraction of sp³-hybridized carbons (Fsp3) is 0. The van der Waals surface area contributed by atoms with E-state index in [0.717, 1.165) is 72.0 Å². The zero-order valence-corrected chi connectivity index (χ0v) is 29.4. The van der Waals surface area contributed by atoms with Gasteiger partial charge in [-0.15, -0.1) is 0 Å². The Hall–Kier alpha value is -7.43. The fourth-order valence-electron chi connectivity index (χ4n) is 7.05. The summed E-state index contributed by atoms with van der Waals surface area (Å²) in [4.78, 5) is 15.0. The van der Waals surface area contributed by atoms with Gasteiger partial charge in [0, 0.05) is 33.0 Å². The van der Waals surface area contributed by atoms with Crippen molar-refractivity contribution in [2.75, 3.05) is 0 Å². The van der Waals surface area contributed by atoms with E-state index in [9.17, 15) is 0 Å². The average molecular weight is 709 g/mol. The lowest BCUT2D eigenvalue weighted by Gasteiger charge is -2.09. The van der Waals surface area contributed by atoms with Gasteiger partial charge in [-0.05, 0) is 57.1 Å². The number of rotatable bonds is 7. The van der Waals surface area contributed by atoms with Crippen molar-refractivity contribution >= 4 is 21.9 Å². The fourth-order valence-corrected chi connectivity index (χ4v) is 7.05. The summed E-state index contributed by atoms with van der Waals surface area (Å²) in [5, 5.41) is 1.99. The van der Waals surface area contributed by atoms with Gasteiger partial charge in [-0.25, -0.2) is 15.0 Å². The molecule has 0 fully saturated rings. The van der Waals surface area contributed by atoms with Gasteiger partial charge >= 0.3 is 0 Å². The monoisotopic (exact) mass is 708 g/mol. The highest BCUT2D eigenvalue weighted by molar-refractivity contribution is 6.10. The molecule has 0 unspecified atom stereocenters. The number of furan rings is 1. The number of hydrogen-bond donors (Lipinski definition) is 0. The molecule has 0 saturated carbocycles. The summed E-state index contributed by atoms with van der Waals surface area (Å²) in [5.41, 5.74) is 10.9. The molecule has 258 valence electrons. The van der Waals surface area contributed by atoms with Crippen molar-refractivity contribution in [3.63, 3.8) is 0 Å². The molecule has 8 aromatic carbocycles. The van der Waals surface area contributed by atoms with Crippen molar-refractivity contribution < 1.29 is 11.3 Å². The summed E-state index contributed by atoms with van der Waals surface area (Å²) >= 11 is 0. The summed E-state index contributed by atoms with van der Waals surface area (Å²) in [7, 11) is 0. The lowest BCUT2D eigenvalue weighted by Crippen LogP contribution is -2.00. The second kappa shape index (κ2) is 13.8. The van der Waals surface area contributed by atoms with E-state index in [1.54, 1.807) is 12.1 Å². The SMILES string of the molecule is [2H]c1c([2H])c([2H])c(-c2ccc(-c3ccc(-c4cccc5c4oc4cc(-c6nc(-c7ccccc7)nc(-c7cccc(-c8ccccc8)c7)n6)ccc45)cc3)cc2)c([2H])c1[2H]. The minimum absolute atomic E-state index is 0.189. The third-order valence-corrected chi connectivity index (χ3v) is 9.86. The van der Waals surface area contributed by atoms with Crippen LogP contribution in [-0.4, -0.2) is 15.0 Å². The summed E-state index contributed by atoms with van der Waals surface area (Å²) in [6.07, 6.45) is 0. The molecule has 4 nitrogen and oxygen atoms in total. The van der Waals surface area contributed by atoms with Crippen LogP contribution in [0.15, 0.2) is 204 Å². The normalized spacial score (nSPS) is 12.5. The van der Waals surface area contributed by atoms with Crippen molar-refractivity contribution in [1.82, 2.24) is 15.0 Å². The van der Waals surface area contributed by atoms with E-state index in [-0.39, 0.29) is 29.7 Å². The van der Waals surface area contributed by atoms with Gasteiger partial charge < -0.3 is 4.42 Å². The van der Waals surface area contributed by atoms with Crippen molar-refractivity contribution in [3.8, 4) is 78.7 Å². The smallest absolute Gasteiger partial charge is 0.164 e. The van der Waals surface area contributed by atoms with Gasteiger partial charge in [-0.2, -0.15) is 0 Å². The lowest BCUT2D eigenvalue weighted by atomic mass is 9.97.